The van der Waals surface area contributed by atoms with E-state index in [2.05, 4.69) is 34.3 Å². The first-order valence-electron chi connectivity index (χ1n) is 15.0. The van der Waals surface area contributed by atoms with Crippen molar-refractivity contribution in [2.75, 3.05) is 13.2 Å². The van der Waals surface area contributed by atoms with E-state index < -0.39 is 22.9 Å². The summed E-state index contributed by atoms with van der Waals surface area (Å²) in [5, 5.41) is 32.1. The molecule has 0 aromatic carbocycles. The maximum absolute atomic E-state index is 12.9. The minimum Gasteiger partial charge on any atom is -0.481 e. The highest BCUT2D eigenvalue weighted by Crippen LogP contribution is 2.77. The number of carboxylic acid groups (broad SMARTS) is 1. The van der Waals surface area contributed by atoms with Gasteiger partial charge in [-0.1, -0.05) is 34.3 Å². The highest BCUT2D eigenvalue weighted by Gasteiger charge is 2.72. The second-order valence-corrected chi connectivity index (χ2v) is 15.0. The van der Waals surface area contributed by atoms with Gasteiger partial charge in [0.15, 0.2) is 0 Å². The first-order chi connectivity index (χ1) is 17.7. The summed E-state index contributed by atoms with van der Waals surface area (Å²) < 4.78 is 5.34. The van der Waals surface area contributed by atoms with Crippen LogP contribution in [0.3, 0.4) is 0 Å². The van der Waals surface area contributed by atoms with Gasteiger partial charge < -0.3 is 20.1 Å². The fraction of sp³-hybridized carbons (Fsp3) is 0.875. The van der Waals surface area contributed by atoms with Crippen LogP contribution in [0.2, 0.25) is 0 Å². The molecule has 6 heteroatoms. The monoisotopic (exact) mass is 530 g/mol. The number of fused-ring (bicyclic) bond motifs is 7. The molecule has 11 atom stereocenters. The van der Waals surface area contributed by atoms with Crippen molar-refractivity contribution in [3.63, 3.8) is 0 Å². The number of esters is 1. The van der Waals surface area contributed by atoms with E-state index in [0.717, 1.165) is 56.9 Å². The summed E-state index contributed by atoms with van der Waals surface area (Å²) in [5.41, 5.74) is -0.198. The molecule has 5 fully saturated rings. The summed E-state index contributed by atoms with van der Waals surface area (Å²) in [6.07, 6.45) is 8.49. The molecule has 0 bridgehead atoms. The minimum absolute atomic E-state index is 0.00347. The second-order valence-electron chi connectivity index (χ2n) is 15.0. The third-order valence-corrected chi connectivity index (χ3v) is 14.0. The molecule has 0 radical (unpaired) electrons. The van der Waals surface area contributed by atoms with Crippen molar-refractivity contribution in [2.45, 2.75) is 105 Å². The van der Waals surface area contributed by atoms with Gasteiger partial charge in [-0.25, -0.2) is 0 Å². The zero-order chi connectivity index (χ0) is 27.9. The molecule has 5 aliphatic rings. The van der Waals surface area contributed by atoms with Crippen molar-refractivity contribution < 1.29 is 29.6 Å². The number of hydrogen-bond acceptors (Lipinski definition) is 5. The van der Waals surface area contributed by atoms with Crippen molar-refractivity contribution in [1.29, 1.82) is 0 Å². The van der Waals surface area contributed by atoms with Crippen LogP contribution < -0.4 is 0 Å². The standard InChI is InChI=1S/C32H50O6/c1-19(17-38-20(2)34)21-9-14-32(27(36)37)16-15-30(5)22(26(21)32)7-8-24-28(3)12-11-25(35)29(4,18-33)23(28)10-13-31(24,30)6/h21-26,33,35H,1,7-18H2,2-6H3,(H,36,37)/t21-,22?,23+,24+,25-,26+,28-,29-,30+,31+,32-/m0/s1. The van der Waals surface area contributed by atoms with Gasteiger partial charge in [0.2, 0.25) is 0 Å². The topological polar surface area (TPSA) is 104 Å². The van der Waals surface area contributed by atoms with E-state index >= 15 is 0 Å². The molecule has 0 aliphatic heterocycles. The van der Waals surface area contributed by atoms with Crippen LogP contribution in [0.15, 0.2) is 12.2 Å². The Kier molecular flexibility index (Phi) is 6.71. The van der Waals surface area contributed by atoms with Crippen LogP contribution in [-0.4, -0.2) is 46.6 Å². The van der Waals surface area contributed by atoms with Gasteiger partial charge in [-0.2, -0.15) is 0 Å². The van der Waals surface area contributed by atoms with Crippen molar-refractivity contribution >= 4 is 11.9 Å². The normalized spacial score (nSPS) is 51.7. The summed E-state index contributed by atoms with van der Waals surface area (Å²) in [6, 6.07) is 0. The molecule has 1 unspecified atom stereocenters. The summed E-state index contributed by atoms with van der Waals surface area (Å²) in [4.78, 5) is 24.5. The molecule has 0 spiro atoms. The van der Waals surface area contributed by atoms with Gasteiger partial charge >= 0.3 is 11.9 Å². The average Bonchev–Trinajstić information content (AvgIpc) is 3.26. The quantitative estimate of drug-likeness (QED) is 0.316. The van der Waals surface area contributed by atoms with Gasteiger partial charge in [0.1, 0.15) is 6.61 Å². The Morgan fingerprint density at radius 2 is 1.61 bits per heavy atom. The number of carbonyl (C=O) groups excluding carboxylic acids is 1. The molecule has 0 aromatic heterocycles. The highest BCUT2D eigenvalue weighted by molar-refractivity contribution is 5.76. The Labute approximate surface area is 228 Å². The first-order valence-corrected chi connectivity index (χ1v) is 15.0. The fourth-order valence-electron chi connectivity index (χ4n) is 11.7. The zero-order valence-electron chi connectivity index (χ0n) is 24.2. The number of aliphatic hydroxyl groups is 2. The Bertz CT molecular complexity index is 1010. The predicted octanol–water partition coefficient (Wildman–Crippen LogP) is 5.61. The molecule has 5 rings (SSSR count). The van der Waals surface area contributed by atoms with E-state index in [-0.39, 0.29) is 59.1 Å². The van der Waals surface area contributed by atoms with Gasteiger partial charge in [-0.15, -0.1) is 0 Å². The predicted molar refractivity (Wildman–Crippen MR) is 145 cm³/mol. The summed E-state index contributed by atoms with van der Waals surface area (Å²) in [7, 11) is 0. The van der Waals surface area contributed by atoms with Crippen molar-refractivity contribution in [3.05, 3.63) is 12.2 Å². The molecule has 0 saturated heterocycles. The lowest BCUT2D eigenvalue weighted by Gasteiger charge is -2.72. The molecule has 0 amide bonds. The van der Waals surface area contributed by atoms with Crippen molar-refractivity contribution in [1.82, 2.24) is 0 Å². The Balaban J connectivity index is 1.52. The smallest absolute Gasteiger partial charge is 0.309 e. The van der Waals surface area contributed by atoms with Gasteiger partial charge in [-0.3, -0.25) is 9.59 Å². The number of carboxylic acids is 1. The van der Waals surface area contributed by atoms with E-state index in [4.69, 9.17) is 4.74 Å². The van der Waals surface area contributed by atoms with Gasteiger partial charge in [0.05, 0.1) is 18.1 Å². The maximum Gasteiger partial charge on any atom is 0.309 e. The number of rotatable bonds is 5. The summed E-state index contributed by atoms with van der Waals surface area (Å²) in [6.45, 7) is 15.4. The van der Waals surface area contributed by atoms with Crippen molar-refractivity contribution in [3.8, 4) is 0 Å². The lowest BCUT2D eigenvalue weighted by molar-refractivity contribution is -0.254. The Hall–Kier alpha value is -1.40. The van der Waals surface area contributed by atoms with Crippen LogP contribution in [0, 0.1) is 56.7 Å². The van der Waals surface area contributed by atoms with Gasteiger partial charge in [0, 0.05) is 12.3 Å². The number of hydrogen-bond donors (Lipinski definition) is 3. The molecular weight excluding hydrogens is 480 g/mol. The van der Waals surface area contributed by atoms with Crippen LogP contribution >= 0.6 is 0 Å². The van der Waals surface area contributed by atoms with Crippen LogP contribution in [0.1, 0.15) is 98.8 Å². The van der Waals surface area contributed by atoms with Crippen molar-refractivity contribution in [2.24, 2.45) is 56.7 Å². The van der Waals surface area contributed by atoms with E-state index in [1.807, 2.05) is 0 Å². The minimum atomic E-state index is -0.720. The largest absolute Gasteiger partial charge is 0.481 e. The number of aliphatic hydroxyl groups excluding tert-OH is 2. The van der Waals surface area contributed by atoms with Crippen LogP contribution in [0.25, 0.3) is 0 Å². The third kappa shape index (κ3) is 3.50. The first kappa shape index (κ1) is 28.1. The molecule has 38 heavy (non-hydrogen) atoms. The number of carbonyl (C=O) groups is 2. The van der Waals surface area contributed by atoms with Gasteiger partial charge in [-0.05, 0) is 116 Å². The maximum atomic E-state index is 12.9. The molecule has 5 saturated carbocycles. The lowest BCUT2D eigenvalue weighted by Crippen LogP contribution is -2.67. The van der Waals surface area contributed by atoms with E-state index in [0.29, 0.717) is 18.8 Å². The molecule has 6 nitrogen and oxygen atoms in total. The Morgan fingerprint density at radius 1 is 0.895 bits per heavy atom. The second kappa shape index (κ2) is 9.06. The molecule has 0 heterocycles. The van der Waals surface area contributed by atoms with Crippen LogP contribution in [0.4, 0.5) is 0 Å². The van der Waals surface area contributed by atoms with Crippen LogP contribution in [0.5, 0.6) is 0 Å². The molecule has 0 aromatic rings. The van der Waals surface area contributed by atoms with E-state index in [9.17, 15) is 24.9 Å². The summed E-state index contributed by atoms with van der Waals surface area (Å²) in [5.74, 6) is 0.142. The third-order valence-electron chi connectivity index (χ3n) is 14.0. The molecule has 214 valence electrons. The average molecular weight is 531 g/mol. The van der Waals surface area contributed by atoms with E-state index in [1.165, 1.54) is 6.92 Å². The van der Waals surface area contributed by atoms with Gasteiger partial charge in [0.25, 0.3) is 0 Å². The SMILES string of the molecule is C=C(COC(C)=O)[C@@H]1CC[C@]2(C(=O)O)CC[C@]3(C)C(CC[C@@H]4[C@@]5(C)CC[C@H](O)[C@@](C)(CO)[C@@H]5CC[C@]43C)[C@@H]12. The summed E-state index contributed by atoms with van der Waals surface area (Å²) >= 11 is 0. The van der Waals surface area contributed by atoms with Crippen LogP contribution in [-0.2, 0) is 14.3 Å². The lowest BCUT2D eigenvalue weighted by atomic mass is 9.32. The number of aliphatic carboxylic acids is 1. The Morgan fingerprint density at radius 3 is 2.24 bits per heavy atom. The number of ether oxygens (including phenoxy) is 1. The molecule has 3 N–H and O–H groups in total. The molecule has 5 aliphatic carbocycles. The fourth-order valence-corrected chi connectivity index (χ4v) is 11.7. The zero-order valence-corrected chi connectivity index (χ0v) is 24.2. The molecular formula is C32H50O6. The highest BCUT2D eigenvalue weighted by atomic mass is 16.5. The van der Waals surface area contributed by atoms with E-state index in [1.54, 1.807) is 0 Å².